The molecule has 38 heavy (non-hydrogen) atoms. The molecule has 0 spiro atoms. The molecule has 2 amide bonds. The molecule has 0 saturated carbocycles. The second-order valence-electron chi connectivity index (χ2n) is 9.59. The SMILES string of the molecule is O=C1NC(=NCCCN2CCCC2=O)C(=CC2CCN(Cc3ccc(C(F)(F)F)cc3C(F)(F)F)CC2)S1. The van der Waals surface area contributed by atoms with Crippen molar-refractivity contribution in [1.82, 2.24) is 15.1 Å². The van der Waals surface area contributed by atoms with Gasteiger partial charge < -0.3 is 10.2 Å². The molecule has 3 aliphatic rings. The molecule has 3 aliphatic heterocycles. The molecule has 0 unspecified atom stereocenters. The Balaban J connectivity index is 1.33. The average molecular weight is 563 g/mol. The molecule has 1 aromatic carbocycles. The van der Waals surface area contributed by atoms with Crippen LogP contribution < -0.4 is 5.32 Å². The first kappa shape index (κ1) is 28.5. The molecule has 0 bridgehead atoms. The van der Waals surface area contributed by atoms with Gasteiger partial charge in [0.25, 0.3) is 5.24 Å². The predicted molar refractivity (Wildman–Crippen MR) is 131 cm³/mol. The summed E-state index contributed by atoms with van der Waals surface area (Å²) in [5, 5.41) is 2.50. The van der Waals surface area contributed by atoms with Crippen LogP contribution in [0, 0.1) is 5.92 Å². The second kappa shape index (κ2) is 11.7. The van der Waals surface area contributed by atoms with Gasteiger partial charge in [-0.1, -0.05) is 12.1 Å². The normalized spacial score (nSPS) is 22.2. The second-order valence-corrected chi connectivity index (χ2v) is 10.6. The van der Waals surface area contributed by atoms with E-state index in [-0.39, 0.29) is 35.2 Å². The number of carbonyl (C=O) groups excluding carboxylic acids is 2. The number of likely N-dealkylation sites (tertiary alicyclic amines) is 2. The maximum atomic E-state index is 13.5. The Morgan fingerprint density at radius 1 is 1.05 bits per heavy atom. The minimum Gasteiger partial charge on any atom is -0.343 e. The van der Waals surface area contributed by atoms with Gasteiger partial charge in [-0.25, -0.2) is 0 Å². The summed E-state index contributed by atoms with van der Waals surface area (Å²) in [5.74, 6) is 0.737. The van der Waals surface area contributed by atoms with Crippen molar-refractivity contribution in [2.45, 2.75) is 51.0 Å². The standard InChI is InChI=1S/C25H28F6N4O2S/c26-24(27,28)18-5-4-17(19(14-18)25(29,30)31)15-34-11-6-16(7-12-34)13-20-22(33-23(37)38-20)32-8-2-10-35-9-1-3-21(35)36/h4-5,13-14,16H,1-3,6-12,15H2,(H,32,33,37). The van der Waals surface area contributed by atoms with Crippen molar-refractivity contribution in [3.8, 4) is 0 Å². The highest BCUT2D eigenvalue weighted by Gasteiger charge is 2.38. The lowest BCUT2D eigenvalue weighted by Gasteiger charge is -2.31. The Hall–Kier alpha value is -2.54. The van der Waals surface area contributed by atoms with E-state index in [2.05, 4.69) is 10.3 Å². The van der Waals surface area contributed by atoms with Crippen LogP contribution in [0.3, 0.4) is 0 Å². The first-order valence-corrected chi connectivity index (χ1v) is 13.2. The zero-order valence-electron chi connectivity index (χ0n) is 20.5. The minimum absolute atomic E-state index is 0.0866. The van der Waals surface area contributed by atoms with E-state index in [4.69, 9.17) is 0 Å². The molecule has 13 heteroatoms. The van der Waals surface area contributed by atoms with Gasteiger partial charge >= 0.3 is 12.4 Å². The molecule has 1 aromatic rings. The lowest BCUT2D eigenvalue weighted by molar-refractivity contribution is -0.143. The van der Waals surface area contributed by atoms with Crippen LogP contribution in [0.1, 0.15) is 48.8 Å². The molecule has 208 valence electrons. The van der Waals surface area contributed by atoms with Gasteiger partial charge in [0, 0.05) is 32.6 Å². The Morgan fingerprint density at radius 3 is 2.42 bits per heavy atom. The Bertz CT molecular complexity index is 1110. The summed E-state index contributed by atoms with van der Waals surface area (Å²) in [4.78, 5) is 32.5. The van der Waals surface area contributed by atoms with E-state index in [0.717, 1.165) is 30.8 Å². The van der Waals surface area contributed by atoms with Gasteiger partial charge in [-0.15, -0.1) is 0 Å². The average Bonchev–Trinajstić information content (AvgIpc) is 3.41. The van der Waals surface area contributed by atoms with Crippen LogP contribution in [0.2, 0.25) is 0 Å². The van der Waals surface area contributed by atoms with Gasteiger partial charge in [-0.3, -0.25) is 19.5 Å². The van der Waals surface area contributed by atoms with Gasteiger partial charge in [0.05, 0.1) is 16.0 Å². The molecular formula is C25H28F6N4O2S. The topological polar surface area (TPSA) is 65.0 Å². The molecule has 1 N–H and O–H groups in total. The van der Waals surface area contributed by atoms with Gasteiger partial charge in [0.15, 0.2) is 0 Å². The molecule has 0 aliphatic carbocycles. The third-order valence-electron chi connectivity index (χ3n) is 6.84. The van der Waals surface area contributed by atoms with Crippen molar-refractivity contribution < 1.29 is 35.9 Å². The molecule has 6 nitrogen and oxygen atoms in total. The van der Waals surface area contributed by atoms with Crippen LogP contribution in [0.25, 0.3) is 0 Å². The fourth-order valence-corrected chi connectivity index (χ4v) is 5.66. The smallest absolute Gasteiger partial charge is 0.343 e. The van der Waals surface area contributed by atoms with Crippen LogP contribution in [-0.4, -0.2) is 59.5 Å². The molecule has 0 atom stereocenters. The van der Waals surface area contributed by atoms with Crippen molar-refractivity contribution in [1.29, 1.82) is 0 Å². The van der Waals surface area contributed by atoms with Crippen molar-refractivity contribution >= 4 is 28.7 Å². The van der Waals surface area contributed by atoms with Crippen molar-refractivity contribution in [3.63, 3.8) is 0 Å². The number of hydrogen-bond donors (Lipinski definition) is 1. The molecule has 0 aromatic heterocycles. The summed E-state index contributed by atoms with van der Waals surface area (Å²) < 4.78 is 79.3. The van der Waals surface area contributed by atoms with Gasteiger partial charge in [-0.2, -0.15) is 26.3 Å². The molecule has 3 fully saturated rings. The van der Waals surface area contributed by atoms with Crippen LogP contribution in [0.15, 0.2) is 34.2 Å². The number of piperidine rings is 1. The summed E-state index contributed by atoms with van der Waals surface area (Å²) in [6.45, 7) is 2.69. The number of nitrogens with zero attached hydrogens (tertiary/aromatic N) is 3. The van der Waals surface area contributed by atoms with E-state index in [0.29, 0.717) is 68.7 Å². The van der Waals surface area contributed by atoms with E-state index in [1.54, 1.807) is 4.90 Å². The molecule has 3 heterocycles. The zero-order chi connectivity index (χ0) is 27.5. The van der Waals surface area contributed by atoms with E-state index in [9.17, 15) is 35.9 Å². The van der Waals surface area contributed by atoms with Crippen molar-refractivity contribution in [3.05, 3.63) is 45.9 Å². The fraction of sp³-hybridized carbons (Fsp3) is 0.560. The summed E-state index contributed by atoms with van der Waals surface area (Å²) in [7, 11) is 0. The number of allylic oxidation sites excluding steroid dienone is 1. The Kier molecular flexibility index (Phi) is 8.75. The van der Waals surface area contributed by atoms with Gasteiger partial charge in [0.1, 0.15) is 5.84 Å². The number of benzene rings is 1. The Labute approximate surface area is 220 Å². The number of alkyl halides is 6. The van der Waals surface area contributed by atoms with Gasteiger partial charge in [-0.05, 0) is 74.1 Å². The highest BCUT2D eigenvalue weighted by molar-refractivity contribution is 8.18. The number of thioether (sulfide) groups is 1. The molecule has 3 saturated heterocycles. The number of halogens is 6. The number of amidine groups is 1. The lowest BCUT2D eigenvalue weighted by Crippen LogP contribution is -2.33. The highest BCUT2D eigenvalue weighted by Crippen LogP contribution is 2.38. The van der Waals surface area contributed by atoms with Crippen LogP contribution in [0.4, 0.5) is 31.1 Å². The maximum absolute atomic E-state index is 13.5. The fourth-order valence-electron chi connectivity index (χ4n) is 4.84. The number of carbonyl (C=O) groups is 2. The first-order valence-electron chi connectivity index (χ1n) is 12.4. The summed E-state index contributed by atoms with van der Waals surface area (Å²) in [6, 6.07) is 1.78. The van der Waals surface area contributed by atoms with E-state index in [1.165, 1.54) is 0 Å². The zero-order valence-corrected chi connectivity index (χ0v) is 21.3. The largest absolute Gasteiger partial charge is 0.416 e. The molecular weight excluding hydrogens is 534 g/mol. The summed E-state index contributed by atoms with van der Waals surface area (Å²) >= 11 is 1.05. The van der Waals surface area contributed by atoms with Crippen molar-refractivity contribution in [2.75, 3.05) is 32.7 Å². The van der Waals surface area contributed by atoms with Crippen LogP contribution >= 0.6 is 11.8 Å². The van der Waals surface area contributed by atoms with E-state index >= 15 is 0 Å². The molecule has 0 radical (unpaired) electrons. The maximum Gasteiger partial charge on any atom is 0.416 e. The van der Waals surface area contributed by atoms with Crippen LogP contribution in [0.5, 0.6) is 0 Å². The third kappa shape index (κ3) is 7.31. The first-order chi connectivity index (χ1) is 17.9. The lowest BCUT2D eigenvalue weighted by atomic mass is 9.95. The quantitative estimate of drug-likeness (QED) is 0.343. The monoisotopic (exact) mass is 562 g/mol. The number of hydrogen-bond acceptors (Lipinski definition) is 5. The van der Waals surface area contributed by atoms with Crippen LogP contribution in [-0.2, 0) is 23.7 Å². The number of amides is 2. The molecule has 4 rings (SSSR count). The minimum atomic E-state index is -4.89. The van der Waals surface area contributed by atoms with E-state index in [1.807, 2.05) is 11.0 Å². The predicted octanol–water partition coefficient (Wildman–Crippen LogP) is 5.69. The summed E-state index contributed by atoms with van der Waals surface area (Å²) in [6.07, 6.45) is -4.38. The summed E-state index contributed by atoms with van der Waals surface area (Å²) in [5.41, 5.74) is -2.77. The van der Waals surface area contributed by atoms with E-state index < -0.39 is 23.5 Å². The highest BCUT2D eigenvalue weighted by atomic mass is 32.2. The number of aliphatic imine (C=N–C) groups is 1. The number of rotatable bonds is 7. The van der Waals surface area contributed by atoms with Crippen molar-refractivity contribution in [2.24, 2.45) is 10.9 Å². The number of nitrogens with one attached hydrogen (secondary N) is 1. The van der Waals surface area contributed by atoms with Gasteiger partial charge in [0.2, 0.25) is 5.91 Å². The third-order valence-corrected chi connectivity index (χ3v) is 7.68. The Morgan fingerprint density at radius 2 is 1.79 bits per heavy atom.